The summed E-state index contributed by atoms with van der Waals surface area (Å²) in [5.41, 5.74) is 5.18. The van der Waals surface area contributed by atoms with Crippen molar-refractivity contribution in [1.29, 1.82) is 0 Å². The molecule has 0 unspecified atom stereocenters. The largest absolute Gasteiger partial charge is 0.489 e. The molecule has 0 heterocycles. The molecule has 1 aromatic rings. The summed E-state index contributed by atoms with van der Waals surface area (Å²) in [6, 6.07) is 4.60. The molecule has 2 nitrogen and oxygen atoms in total. The van der Waals surface area contributed by atoms with Gasteiger partial charge in [0.05, 0.1) is 5.02 Å². The highest BCUT2D eigenvalue weighted by Crippen LogP contribution is 2.23. The number of nitrogens with two attached hydrogens (primary N) is 1. The molecule has 66 valence electrons. The van der Waals surface area contributed by atoms with Gasteiger partial charge in [-0.2, -0.15) is 0 Å². The number of halogens is 2. The van der Waals surface area contributed by atoms with E-state index in [4.69, 9.17) is 22.1 Å². The van der Waals surface area contributed by atoms with E-state index in [1.165, 1.54) is 12.1 Å². The fourth-order valence-corrected chi connectivity index (χ4v) is 0.930. The van der Waals surface area contributed by atoms with Gasteiger partial charge in [0, 0.05) is 6.54 Å². The summed E-state index contributed by atoms with van der Waals surface area (Å²) in [6.07, 6.45) is 0. The van der Waals surface area contributed by atoms with Crippen molar-refractivity contribution >= 4 is 11.6 Å². The lowest BCUT2D eigenvalue weighted by Gasteiger charge is -2.05. The highest BCUT2D eigenvalue weighted by atomic mass is 35.5. The van der Waals surface area contributed by atoms with Crippen LogP contribution >= 0.6 is 11.6 Å². The molecule has 0 aliphatic rings. The third kappa shape index (κ3) is 2.09. The number of hydrogen-bond donors (Lipinski definition) is 1. The third-order valence-electron chi connectivity index (χ3n) is 1.29. The van der Waals surface area contributed by atoms with Gasteiger partial charge in [-0.15, -0.1) is 0 Å². The second-order valence-corrected chi connectivity index (χ2v) is 2.60. The molecule has 1 aromatic carbocycles. The Labute approximate surface area is 75.1 Å². The summed E-state index contributed by atoms with van der Waals surface area (Å²) < 4.78 is 18.0. The topological polar surface area (TPSA) is 35.2 Å². The third-order valence-corrected chi connectivity index (χ3v) is 1.58. The minimum Gasteiger partial charge on any atom is -0.489 e. The second-order valence-electron chi connectivity index (χ2n) is 2.19. The van der Waals surface area contributed by atoms with Crippen LogP contribution in [0.5, 0.6) is 5.75 Å². The molecule has 0 aliphatic heterocycles. The van der Waals surface area contributed by atoms with Crippen LogP contribution in [-0.4, -0.2) is 13.2 Å². The van der Waals surface area contributed by atoms with Crippen LogP contribution in [0.4, 0.5) is 4.39 Å². The zero-order valence-corrected chi connectivity index (χ0v) is 7.14. The number of ether oxygens (including phenoxy) is 1. The molecule has 0 radical (unpaired) electrons. The minimum atomic E-state index is -0.535. The normalized spacial score (nSPS) is 9.92. The Kier molecular flexibility index (Phi) is 3.31. The predicted octanol–water partition coefficient (Wildman–Crippen LogP) is 1.82. The van der Waals surface area contributed by atoms with Crippen molar-refractivity contribution in [3.8, 4) is 5.75 Å². The van der Waals surface area contributed by atoms with Gasteiger partial charge in [0.2, 0.25) is 0 Å². The standard InChI is InChI=1S/C8H9ClFNO/c9-6-2-1-3-7(8(6)10)12-5-4-11/h1-3H,4-5,11H2. The van der Waals surface area contributed by atoms with Crippen LogP contribution in [-0.2, 0) is 0 Å². The summed E-state index contributed by atoms with van der Waals surface area (Å²) in [5, 5.41) is 0.0597. The first-order valence-corrected chi connectivity index (χ1v) is 3.90. The van der Waals surface area contributed by atoms with Gasteiger partial charge < -0.3 is 10.5 Å². The Morgan fingerprint density at radius 2 is 2.25 bits per heavy atom. The van der Waals surface area contributed by atoms with Crippen LogP contribution < -0.4 is 10.5 Å². The van der Waals surface area contributed by atoms with Gasteiger partial charge in [0.25, 0.3) is 0 Å². The molecule has 0 fully saturated rings. The molecule has 0 aromatic heterocycles. The Hall–Kier alpha value is -0.800. The van der Waals surface area contributed by atoms with Crippen molar-refractivity contribution in [2.75, 3.05) is 13.2 Å². The van der Waals surface area contributed by atoms with Gasteiger partial charge in [-0.3, -0.25) is 0 Å². The van der Waals surface area contributed by atoms with Crippen molar-refractivity contribution in [2.24, 2.45) is 5.73 Å². The first kappa shape index (κ1) is 9.29. The summed E-state index contributed by atoms with van der Waals surface area (Å²) in [5.74, 6) is -0.388. The van der Waals surface area contributed by atoms with E-state index < -0.39 is 5.82 Å². The molecule has 2 N–H and O–H groups in total. The average molecular weight is 190 g/mol. The quantitative estimate of drug-likeness (QED) is 0.787. The van der Waals surface area contributed by atoms with Gasteiger partial charge in [-0.1, -0.05) is 17.7 Å². The van der Waals surface area contributed by atoms with Crippen molar-refractivity contribution in [3.63, 3.8) is 0 Å². The van der Waals surface area contributed by atoms with Crippen molar-refractivity contribution in [1.82, 2.24) is 0 Å². The van der Waals surface area contributed by atoms with Crippen LogP contribution in [0.2, 0.25) is 5.02 Å². The number of hydrogen-bond acceptors (Lipinski definition) is 2. The number of rotatable bonds is 3. The SMILES string of the molecule is NCCOc1cccc(Cl)c1F. The van der Waals surface area contributed by atoms with Crippen LogP contribution in [0.15, 0.2) is 18.2 Å². The maximum Gasteiger partial charge on any atom is 0.183 e. The lowest BCUT2D eigenvalue weighted by atomic mass is 10.3. The van der Waals surface area contributed by atoms with E-state index in [2.05, 4.69) is 0 Å². The zero-order valence-electron chi connectivity index (χ0n) is 6.39. The minimum absolute atomic E-state index is 0.0597. The van der Waals surface area contributed by atoms with Crippen LogP contribution in [0.25, 0.3) is 0 Å². The van der Waals surface area contributed by atoms with E-state index in [9.17, 15) is 4.39 Å². The van der Waals surface area contributed by atoms with Gasteiger partial charge in [-0.05, 0) is 12.1 Å². The lowest BCUT2D eigenvalue weighted by Crippen LogP contribution is -2.11. The molecule has 1 rings (SSSR count). The monoisotopic (exact) mass is 189 g/mol. The summed E-state index contributed by atoms with van der Waals surface area (Å²) >= 11 is 5.51. The molecule has 0 aliphatic carbocycles. The van der Waals surface area contributed by atoms with E-state index in [0.29, 0.717) is 6.54 Å². The van der Waals surface area contributed by atoms with Gasteiger partial charge in [-0.25, -0.2) is 4.39 Å². The average Bonchev–Trinajstić information content (AvgIpc) is 2.08. The molecule has 4 heteroatoms. The Morgan fingerprint density at radius 3 is 2.92 bits per heavy atom. The molecule has 0 bridgehead atoms. The van der Waals surface area contributed by atoms with Gasteiger partial charge in [0.15, 0.2) is 11.6 Å². The van der Waals surface area contributed by atoms with Gasteiger partial charge in [0.1, 0.15) is 6.61 Å². The predicted molar refractivity (Wildman–Crippen MR) is 46.0 cm³/mol. The first-order valence-electron chi connectivity index (χ1n) is 3.52. The highest BCUT2D eigenvalue weighted by molar-refractivity contribution is 6.30. The lowest BCUT2D eigenvalue weighted by molar-refractivity contribution is 0.311. The van der Waals surface area contributed by atoms with Crippen molar-refractivity contribution in [3.05, 3.63) is 29.0 Å². The van der Waals surface area contributed by atoms with E-state index in [1.54, 1.807) is 6.07 Å². The smallest absolute Gasteiger partial charge is 0.183 e. The van der Waals surface area contributed by atoms with E-state index in [0.717, 1.165) is 0 Å². The molecular weight excluding hydrogens is 181 g/mol. The Bertz CT molecular complexity index is 267. The second kappa shape index (κ2) is 4.28. The number of benzene rings is 1. The molecular formula is C8H9ClFNO. The maximum atomic E-state index is 13.0. The van der Waals surface area contributed by atoms with Gasteiger partial charge >= 0.3 is 0 Å². The van der Waals surface area contributed by atoms with Crippen LogP contribution in [0.3, 0.4) is 0 Å². The molecule has 0 spiro atoms. The van der Waals surface area contributed by atoms with E-state index >= 15 is 0 Å². The Morgan fingerprint density at radius 1 is 1.50 bits per heavy atom. The summed E-state index contributed by atoms with van der Waals surface area (Å²) in [4.78, 5) is 0. The van der Waals surface area contributed by atoms with Crippen molar-refractivity contribution in [2.45, 2.75) is 0 Å². The molecule has 0 amide bonds. The summed E-state index contributed by atoms with van der Waals surface area (Å²) in [7, 11) is 0. The fraction of sp³-hybridized carbons (Fsp3) is 0.250. The highest BCUT2D eigenvalue weighted by Gasteiger charge is 2.05. The zero-order chi connectivity index (χ0) is 8.97. The van der Waals surface area contributed by atoms with Crippen LogP contribution in [0.1, 0.15) is 0 Å². The molecule has 0 saturated heterocycles. The Balaban J connectivity index is 2.78. The summed E-state index contributed by atoms with van der Waals surface area (Å²) in [6.45, 7) is 0.642. The molecule has 12 heavy (non-hydrogen) atoms. The maximum absolute atomic E-state index is 13.0. The van der Waals surface area contributed by atoms with Crippen molar-refractivity contribution < 1.29 is 9.13 Å². The van der Waals surface area contributed by atoms with E-state index in [-0.39, 0.29) is 17.4 Å². The molecule has 0 saturated carbocycles. The first-order chi connectivity index (χ1) is 5.75. The van der Waals surface area contributed by atoms with Crippen LogP contribution in [0, 0.1) is 5.82 Å². The van der Waals surface area contributed by atoms with E-state index in [1.807, 2.05) is 0 Å². The fourth-order valence-electron chi connectivity index (χ4n) is 0.764. The molecule has 0 atom stereocenters.